The Hall–Kier alpha value is -1.74. The topological polar surface area (TPSA) is 34.1 Å². The molecule has 0 aliphatic rings. The van der Waals surface area contributed by atoms with Crippen LogP contribution in [0.4, 0.5) is 0 Å². The lowest BCUT2D eigenvalue weighted by Gasteiger charge is -2.13. The predicted octanol–water partition coefficient (Wildman–Crippen LogP) is 4.31. The van der Waals surface area contributed by atoms with E-state index in [9.17, 15) is 9.59 Å². The summed E-state index contributed by atoms with van der Waals surface area (Å²) in [6, 6.07) is 11.1. The van der Waals surface area contributed by atoms with E-state index in [1.54, 1.807) is 0 Å². The molecule has 1 heterocycles. The van der Waals surface area contributed by atoms with E-state index in [1.165, 1.54) is 11.3 Å². The Morgan fingerprint density at radius 2 is 1.65 bits per heavy atom. The fourth-order valence-electron chi connectivity index (χ4n) is 2.14. The first kappa shape index (κ1) is 14.7. The van der Waals surface area contributed by atoms with Gasteiger partial charge in [0.25, 0.3) is 0 Å². The first-order chi connectivity index (χ1) is 9.50. The third kappa shape index (κ3) is 3.05. The number of benzene rings is 1. The number of carbonyl (C=O) groups is 2. The van der Waals surface area contributed by atoms with Crippen molar-refractivity contribution < 1.29 is 9.59 Å². The molecule has 0 saturated heterocycles. The highest BCUT2D eigenvalue weighted by Crippen LogP contribution is 2.22. The van der Waals surface area contributed by atoms with Gasteiger partial charge in [0.2, 0.25) is 5.78 Å². The molecule has 2 aromatic rings. The molecule has 20 heavy (non-hydrogen) atoms. The molecule has 0 amide bonds. The molecule has 1 atom stereocenters. The van der Waals surface area contributed by atoms with Gasteiger partial charge in [0.05, 0.1) is 4.88 Å². The Morgan fingerprint density at radius 1 is 1.00 bits per heavy atom. The normalized spacial score (nSPS) is 12.4. The zero-order valence-electron chi connectivity index (χ0n) is 11.9. The van der Waals surface area contributed by atoms with Crippen LogP contribution in [0.25, 0.3) is 0 Å². The van der Waals surface area contributed by atoms with E-state index >= 15 is 0 Å². The van der Waals surface area contributed by atoms with Gasteiger partial charge in [-0.05, 0) is 17.0 Å². The van der Waals surface area contributed by atoms with Crippen LogP contribution >= 0.6 is 11.3 Å². The van der Waals surface area contributed by atoms with Crippen LogP contribution in [0, 0.1) is 5.92 Å². The molecule has 2 rings (SSSR count). The molecule has 1 unspecified atom stereocenters. The molecule has 0 saturated carbocycles. The summed E-state index contributed by atoms with van der Waals surface area (Å²) in [5.74, 6) is 0.162. The van der Waals surface area contributed by atoms with Crippen molar-refractivity contribution in [3.05, 3.63) is 57.8 Å². The highest BCUT2D eigenvalue weighted by Gasteiger charge is 2.18. The third-order valence-corrected chi connectivity index (χ3v) is 4.28. The summed E-state index contributed by atoms with van der Waals surface area (Å²) in [6.45, 7) is 5.74. The average molecular weight is 286 g/mol. The Morgan fingerprint density at radius 3 is 2.15 bits per heavy atom. The fraction of sp³-hybridized carbons (Fsp3) is 0.294. The van der Waals surface area contributed by atoms with Gasteiger partial charge in [-0.2, -0.15) is 0 Å². The second-order valence-electron chi connectivity index (χ2n) is 5.21. The predicted molar refractivity (Wildman–Crippen MR) is 82.5 cm³/mol. The van der Waals surface area contributed by atoms with Gasteiger partial charge in [-0.1, -0.05) is 51.1 Å². The standard InChI is InChI=1S/C17H18O2S/c1-11(2)16(18)12(3)13-6-8-14(9-7-13)17(19)15-5-4-10-20-15/h4-12H,1-3H3. The number of hydrogen-bond donors (Lipinski definition) is 0. The van der Waals surface area contributed by atoms with Crippen LogP contribution in [0.5, 0.6) is 0 Å². The molecule has 0 spiro atoms. The van der Waals surface area contributed by atoms with Gasteiger partial charge in [0, 0.05) is 17.4 Å². The molecule has 0 bridgehead atoms. The van der Waals surface area contributed by atoms with Gasteiger partial charge in [0.15, 0.2) is 0 Å². The minimum atomic E-state index is -0.124. The van der Waals surface area contributed by atoms with E-state index in [-0.39, 0.29) is 23.4 Å². The highest BCUT2D eigenvalue weighted by molar-refractivity contribution is 7.12. The lowest BCUT2D eigenvalue weighted by atomic mass is 9.90. The smallest absolute Gasteiger partial charge is 0.202 e. The molecular weight excluding hydrogens is 268 g/mol. The second-order valence-corrected chi connectivity index (χ2v) is 6.15. The Kier molecular flexibility index (Phi) is 4.50. The van der Waals surface area contributed by atoms with E-state index in [0.29, 0.717) is 5.56 Å². The second kappa shape index (κ2) is 6.14. The lowest BCUT2D eigenvalue weighted by Crippen LogP contribution is -2.15. The maximum atomic E-state index is 12.2. The number of rotatable bonds is 5. The first-order valence-corrected chi connectivity index (χ1v) is 7.60. The van der Waals surface area contributed by atoms with Crippen molar-refractivity contribution in [2.24, 2.45) is 5.92 Å². The van der Waals surface area contributed by atoms with Gasteiger partial charge in [-0.3, -0.25) is 9.59 Å². The van der Waals surface area contributed by atoms with Crippen LogP contribution in [0.15, 0.2) is 41.8 Å². The van der Waals surface area contributed by atoms with Crippen LogP contribution in [0.2, 0.25) is 0 Å². The Labute approximate surface area is 123 Å². The molecule has 104 valence electrons. The molecule has 1 aromatic heterocycles. The van der Waals surface area contributed by atoms with Crippen LogP contribution in [-0.2, 0) is 4.79 Å². The molecule has 2 nitrogen and oxygen atoms in total. The largest absolute Gasteiger partial charge is 0.299 e. The van der Waals surface area contributed by atoms with Crippen molar-refractivity contribution in [3.63, 3.8) is 0 Å². The highest BCUT2D eigenvalue weighted by atomic mass is 32.1. The Bertz CT molecular complexity index is 594. The average Bonchev–Trinajstić information content (AvgIpc) is 2.99. The quantitative estimate of drug-likeness (QED) is 0.768. The SMILES string of the molecule is CC(C)C(=O)C(C)c1ccc(C(=O)c2cccs2)cc1. The summed E-state index contributed by atoms with van der Waals surface area (Å²) >= 11 is 1.44. The number of Topliss-reactive ketones (excluding diaryl/α,β-unsaturated/α-hetero) is 1. The van der Waals surface area contributed by atoms with Crippen LogP contribution < -0.4 is 0 Å². The van der Waals surface area contributed by atoms with E-state index in [2.05, 4.69) is 0 Å². The van der Waals surface area contributed by atoms with Crippen molar-refractivity contribution >= 4 is 22.9 Å². The molecule has 0 fully saturated rings. The van der Waals surface area contributed by atoms with Gasteiger partial charge < -0.3 is 0 Å². The van der Waals surface area contributed by atoms with E-state index in [1.807, 2.05) is 62.5 Å². The first-order valence-electron chi connectivity index (χ1n) is 6.72. The molecule has 0 N–H and O–H groups in total. The minimum Gasteiger partial charge on any atom is -0.299 e. The number of thiophene rings is 1. The molecule has 0 aliphatic carbocycles. The van der Waals surface area contributed by atoms with Gasteiger partial charge in [0.1, 0.15) is 5.78 Å². The molecule has 0 aliphatic heterocycles. The van der Waals surface area contributed by atoms with E-state index in [0.717, 1.165) is 10.4 Å². The number of ketones is 2. The molecule has 3 heteroatoms. The van der Waals surface area contributed by atoms with E-state index < -0.39 is 0 Å². The zero-order chi connectivity index (χ0) is 14.7. The summed E-state index contributed by atoms with van der Waals surface area (Å²) in [6.07, 6.45) is 0. The van der Waals surface area contributed by atoms with Crippen molar-refractivity contribution in [2.45, 2.75) is 26.7 Å². The summed E-state index contributed by atoms with van der Waals surface area (Å²) in [7, 11) is 0. The monoisotopic (exact) mass is 286 g/mol. The van der Waals surface area contributed by atoms with Crippen LogP contribution in [0.3, 0.4) is 0 Å². The Balaban J connectivity index is 2.18. The third-order valence-electron chi connectivity index (χ3n) is 3.41. The van der Waals surface area contributed by atoms with E-state index in [4.69, 9.17) is 0 Å². The van der Waals surface area contributed by atoms with Crippen molar-refractivity contribution in [3.8, 4) is 0 Å². The minimum absolute atomic E-state index is 0.0254. The zero-order valence-corrected chi connectivity index (χ0v) is 12.7. The molecule has 0 radical (unpaired) electrons. The van der Waals surface area contributed by atoms with Gasteiger partial charge in [-0.25, -0.2) is 0 Å². The van der Waals surface area contributed by atoms with Crippen molar-refractivity contribution in [1.82, 2.24) is 0 Å². The van der Waals surface area contributed by atoms with Gasteiger partial charge in [-0.15, -0.1) is 11.3 Å². The summed E-state index contributed by atoms with van der Waals surface area (Å²) in [5.41, 5.74) is 1.63. The van der Waals surface area contributed by atoms with Gasteiger partial charge >= 0.3 is 0 Å². The van der Waals surface area contributed by atoms with Crippen LogP contribution in [-0.4, -0.2) is 11.6 Å². The van der Waals surface area contributed by atoms with Crippen molar-refractivity contribution in [2.75, 3.05) is 0 Å². The lowest BCUT2D eigenvalue weighted by molar-refractivity contribution is -0.123. The maximum absolute atomic E-state index is 12.2. The summed E-state index contributed by atoms with van der Waals surface area (Å²) < 4.78 is 0. The molecular formula is C17H18O2S. The maximum Gasteiger partial charge on any atom is 0.202 e. The molecule has 1 aromatic carbocycles. The fourth-order valence-corrected chi connectivity index (χ4v) is 2.82. The number of hydrogen-bond acceptors (Lipinski definition) is 3. The number of carbonyl (C=O) groups excluding carboxylic acids is 2. The van der Waals surface area contributed by atoms with Crippen LogP contribution in [0.1, 0.15) is 47.5 Å². The summed E-state index contributed by atoms with van der Waals surface area (Å²) in [5, 5.41) is 1.89. The summed E-state index contributed by atoms with van der Waals surface area (Å²) in [4.78, 5) is 24.9. The van der Waals surface area contributed by atoms with Crippen molar-refractivity contribution in [1.29, 1.82) is 0 Å².